The summed E-state index contributed by atoms with van der Waals surface area (Å²) in [6.07, 6.45) is 6.99. The highest BCUT2D eigenvalue weighted by Crippen LogP contribution is 2.32. The molecular weight excluding hydrogens is 380 g/mol. The zero-order valence-corrected chi connectivity index (χ0v) is 16.9. The topological polar surface area (TPSA) is 78.9 Å². The number of hydrogen-bond acceptors (Lipinski definition) is 3. The Morgan fingerprint density at radius 2 is 1.93 bits per heavy atom. The molecule has 2 saturated carbocycles. The maximum atomic E-state index is 12.3. The number of amides is 2. The molecular formula is C21H29ClN2O4. The van der Waals surface area contributed by atoms with E-state index in [0.29, 0.717) is 17.5 Å². The van der Waals surface area contributed by atoms with Gasteiger partial charge in [0.2, 0.25) is 0 Å². The van der Waals surface area contributed by atoms with Gasteiger partial charge in [0.1, 0.15) is 6.10 Å². The van der Waals surface area contributed by atoms with Crippen LogP contribution in [0.1, 0.15) is 56.9 Å². The molecule has 2 amide bonds. The summed E-state index contributed by atoms with van der Waals surface area (Å²) in [5.74, 6) is 0.521. The first-order valence-electron chi connectivity index (χ1n) is 10.2. The molecule has 2 atom stereocenters. The van der Waals surface area contributed by atoms with Crippen LogP contribution in [0.5, 0.6) is 0 Å². The van der Waals surface area contributed by atoms with Gasteiger partial charge in [-0.15, -0.1) is 0 Å². The van der Waals surface area contributed by atoms with Gasteiger partial charge in [0.05, 0.1) is 0 Å². The summed E-state index contributed by atoms with van der Waals surface area (Å²) in [5, 5.41) is 11.1. The number of carboxylic acid groups (broad SMARTS) is 1. The van der Waals surface area contributed by atoms with Gasteiger partial charge < -0.3 is 9.84 Å². The monoisotopic (exact) mass is 408 g/mol. The fraction of sp³-hybridized carbons (Fsp3) is 0.619. The second kappa shape index (κ2) is 10.0. The van der Waals surface area contributed by atoms with E-state index in [0.717, 1.165) is 61.9 Å². The van der Waals surface area contributed by atoms with Crippen molar-refractivity contribution in [3.8, 4) is 0 Å². The van der Waals surface area contributed by atoms with Crippen LogP contribution in [-0.2, 0) is 11.2 Å². The number of hydrazine groups is 1. The molecule has 0 heterocycles. The number of rotatable bonds is 5. The normalized spacial score (nSPS) is 22.6. The molecule has 1 aromatic carbocycles. The van der Waals surface area contributed by atoms with Gasteiger partial charge >= 0.3 is 12.2 Å². The Kier molecular flexibility index (Phi) is 7.43. The molecule has 2 aliphatic carbocycles. The molecule has 28 heavy (non-hydrogen) atoms. The van der Waals surface area contributed by atoms with Crippen molar-refractivity contribution in [1.29, 1.82) is 0 Å². The highest BCUT2D eigenvalue weighted by molar-refractivity contribution is 6.30. The first kappa shape index (κ1) is 20.8. The van der Waals surface area contributed by atoms with E-state index < -0.39 is 12.2 Å². The van der Waals surface area contributed by atoms with Crippen LogP contribution in [-0.4, -0.2) is 35.0 Å². The number of nitrogens with one attached hydrogen (secondary N) is 1. The van der Waals surface area contributed by atoms with E-state index >= 15 is 0 Å². The Hall–Kier alpha value is -1.95. The van der Waals surface area contributed by atoms with E-state index in [9.17, 15) is 14.7 Å². The average Bonchev–Trinajstić information content (AvgIpc) is 3.08. The molecule has 6 nitrogen and oxygen atoms in total. The maximum absolute atomic E-state index is 12.3. The molecule has 3 rings (SSSR count). The lowest BCUT2D eigenvalue weighted by molar-refractivity contribution is 0.0469. The van der Waals surface area contributed by atoms with Gasteiger partial charge in [-0.1, -0.05) is 43.0 Å². The van der Waals surface area contributed by atoms with Crippen LogP contribution in [0.4, 0.5) is 9.59 Å². The van der Waals surface area contributed by atoms with Crippen molar-refractivity contribution < 1.29 is 19.4 Å². The van der Waals surface area contributed by atoms with Crippen molar-refractivity contribution in [1.82, 2.24) is 10.4 Å². The van der Waals surface area contributed by atoms with Gasteiger partial charge in [-0.05, 0) is 62.1 Å². The number of hydrogen-bond donors (Lipinski definition) is 2. The summed E-state index contributed by atoms with van der Waals surface area (Å²) < 4.78 is 5.61. The van der Waals surface area contributed by atoms with Crippen molar-refractivity contribution in [3.63, 3.8) is 0 Å². The molecule has 0 radical (unpaired) electrons. The Labute approximate surface area is 171 Å². The molecule has 7 heteroatoms. The highest BCUT2D eigenvalue weighted by atomic mass is 35.5. The fourth-order valence-electron chi connectivity index (χ4n) is 4.43. The number of halogens is 1. The number of ether oxygens (including phenoxy) is 1. The van der Waals surface area contributed by atoms with E-state index in [4.69, 9.17) is 16.3 Å². The van der Waals surface area contributed by atoms with E-state index in [2.05, 4.69) is 5.43 Å². The minimum atomic E-state index is -1.15. The third kappa shape index (κ3) is 6.03. The van der Waals surface area contributed by atoms with Crippen LogP contribution in [0, 0.1) is 11.8 Å². The number of nitrogens with zero attached hydrogens (tertiary/aromatic N) is 1. The molecule has 2 aliphatic rings. The molecule has 0 bridgehead atoms. The number of benzene rings is 1. The quantitative estimate of drug-likeness (QED) is 0.652. The fourth-order valence-corrected chi connectivity index (χ4v) is 4.64. The molecule has 0 aromatic heterocycles. The minimum Gasteiger partial charge on any atom is -0.464 e. The van der Waals surface area contributed by atoms with Gasteiger partial charge in [0.15, 0.2) is 0 Å². The lowest BCUT2D eigenvalue weighted by atomic mass is 9.89. The zero-order valence-electron chi connectivity index (χ0n) is 16.1. The molecule has 0 saturated heterocycles. The van der Waals surface area contributed by atoms with Crippen LogP contribution in [0.2, 0.25) is 5.02 Å². The Bertz CT molecular complexity index is 678. The predicted molar refractivity (Wildman–Crippen MR) is 107 cm³/mol. The maximum Gasteiger partial charge on any atom is 0.426 e. The first-order valence-corrected chi connectivity index (χ1v) is 10.6. The molecule has 2 N–H and O–H groups in total. The van der Waals surface area contributed by atoms with Gasteiger partial charge in [-0.25, -0.2) is 20.0 Å². The summed E-state index contributed by atoms with van der Waals surface area (Å²) in [5.41, 5.74) is 3.56. The van der Waals surface area contributed by atoms with Gasteiger partial charge in [0.25, 0.3) is 0 Å². The number of carbonyl (C=O) groups is 2. The summed E-state index contributed by atoms with van der Waals surface area (Å²) in [7, 11) is 0. The smallest absolute Gasteiger partial charge is 0.426 e. The van der Waals surface area contributed by atoms with Crippen molar-refractivity contribution in [2.24, 2.45) is 11.8 Å². The van der Waals surface area contributed by atoms with Crippen molar-refractivity contribution in [2.75, 3.05) is 6.54 Å². The van der Waals surface area contributed by atoms with Crippen LogP contribution in [0.3, 0.4) is 0 Å². The van der Waals surface area contributed by atoms with E-state index in [-0.39, 0.29) is 12.0 Å². The van der Waals surface area contributed by atoms with E-state index in [1.807, 2.05) is 24.3 Å². The summed E-state index contributed by atoms with van der Waals surface area (Å²) in [4.78, 5) is 23.9. The van der Waals surface area contributed by atoms with Crippen LogP contribution in [0.25, 0.3) is 0 Å². The van der Waals surface area contributed by atoms with Gasteiger partial charge in [-0.3, -0.25) is 0 Å². The second-order valence-electron chi connectivity index (χ2n) is 7.98. The van der Waals surface area contributed by atoms with Gasteiger partial charge in [-0.2, -0.15) is 0 Å². The Morgan fingerprint density at radius 1 is 1.14 bits per heavy atom. The molecule has 154 valence electrons. The number of carbonyl (C=O) groups excluding carboxylic acids is 1. The standard InChI is InChI=1S/C21H29ClN2O4/c22-18-10-4-8-16(13-18)12-17-9-5-11-19(17)28-20(25)23-24(21(26)27)14-15-6-2-1-3-7-15/h4,8,10,13,15,17,19H,1-3,5-7,9,11-12,14H2,(H,23,25)(H,26,27). The molecule has 0 spiro atoms. The highest BCUT2D eigenvalue weighted by Gasteiger charge is 2.31. The van der Waals surface area contributed by atoms with Crippen LogP contribution < -0.4 is 5.43 Å². The average molecular weight is 409 g/mol. The molecule has 1 aromatic rings. The molecule has 2 unspecified atom stereocenters. The molecule has 0 aliphatic heterocycles. The lowest BCUT2D eigenvalue weighted by Gasteiger charge is -2.28. The van der Waals surface area contributed by atoms with Crippen molar-refractivity contribution >= 4 is 23.8 Å². The Balaban J connectivity index is 1.52. The van der Waals surface area contributed by atoms with Crippen LogP contribution in [0.15, 0.2) is 24.3 Å². The van der Waals surface area contributed by atoms with Crippen molar-refractivity contribution in [2.45, 2.75) is 63.9 Å². The third-order valence-corrected chi connectivity index (χ3v) is 6.09. The lowest BCUT2D eigenvalue weighted by Crippen LogP contribution is -2.49. The largest absolute Gasteiger partial charge is 0.464 e. The SMILES string of the molecule is O=C(NN(CC1CCCCC1)C(=O)O)OC1CCCC1Cc1cccc(Cl)c1. The van der Waals surface area contributed by atoms with Crippen LogP contribution >= 0.6 is 11.6 Å². The summed E-state index contributed by atoms with van der Waals surface area (Å²) in [6, 6.07) is 7.73. The summed E-state index contributed by atoms with van der Waals surface area (Å²) >= 11 is 6.06. The van der Waals surface area contributed by atoms with E-state index in [1.54, 1.807) is 0 Å². The zero-order chi connectivity index (χ0) is 19.9. The predicted octanol–water partition coefficient (Wildman–Crippen LogP) is 5.25. The second-order valence-corrected chi connectivity index (χ2v) is 8.41. The van der Waals surface area contributed by atoms with Gasteiger partial charge in [0, 0.05) is 17.5 Å². The minimum absolute atomic E-state index is 0.204. The third-order valence-electron chi connectivity index (χ3n) is 5.86. The first-order chi connectivity index (χ1) is 13.5. The Morgan fingerprint density at radius 3 is 2.64 bits per heavy atom. The summed E-state index contributed by atoms with van der Waals surface area (Å²) in [6.45, 7) is 0.320. The molecule has 2 fully saturated rings. The van der Waals surface area contributed by atoms with E-state index in [1.165, 1.54) is 6.42 Å². The van der Waals surface area contributed by atoms with Crippen molar-refractivity contribution in [3.05, 3.63) is 34.9 Å².